The highest BCUT2D eigenvalue weighted by Crippen LogP contribution is 2.13. The van der Waals surface area contributed by atoms with Gasteiger partial charge in [0, 0.05) is 25.2 Å². The van der Waals surface area contributed by atoms with E-state index in [9.17, 15) is 13.6 Å². The molecule has 3 nitrogen and oxygen atoms in total. The van der Waals surface area contributed by atoms with E-state index in [1.165, 1.54) is 18.2 Å². The van der Waals surface area contributed by atoms with Crippen molar-refractivity contribution in [2.75, 3.05) is 13.1 Å². The van der Waals surface area contributed by atoms with Gasteiger partial charge in [-0.3, -0.25) is 4.79 Å². The lowest BCUT2D eigenvalue weighted by Crippen LogP contribution is -2.43. The van der Waals surface area contributed by atoms with E-state index in [1.807, 2.05) is 0 Å². The average Bonchev–Trinajstić information content (AvgIpc) is 2.90. The summed E-state index contributed by atoms with van der Waals surface area (Å²) >= 11 is 0. The summed E-state index contributed by atoms with van der Waals surface area (Å²) in [4.78, 5) is 13.8. The molecule has 1 unspecified atom stereocenters. The highest BCUT2D eigenvalue weighted by molar-refractivity contribution is 5.81. The van der Waals surface area contributed by atoms with Crippen LogP contribution in [0.25, 0.3) is 0 Å². The molecule has 1 aromatic carbocycles. The van der Waals surface area contributed by atoms with E-state index in [4.69, 9.17) is 0 Å². The molecule has 0 aromatic heterocycles. The zero-order valence-corrected chi connectivity index (χ0v) is 11.0. The zero-order chi connectivity index (χ0) is 13.8. The smallest absolute Gasteiger partial charge is 0.239 e. The molecule has 1 saturated heterocycles. The molecule has 5 heteroatoms. The molecule has 1 amide bonds. The Kier molecular flexibility index (Phi) is 4.47. The van der Waals surface area contributed by atoms with Crippen LogP contribution in [0, 0.1) is 11.6 Å². The molecule has 0 radical (unpaired) electrons. The fraction of sp³-hybridized carbons (Fsp3) is 0.500. The summed E-state index contributed by atoms with van der Waals surface area (Å²) in [6.45, 7) is 3.29. The van der Waals surface area contributed by atoms with Gasteiger partial charge in [0.25, 0.3) is 0 Å². The van der Waals surface area contributed by atoms with E-state index < -0.39 is 17.7 Å². The van der Waals surface area contributed by atoms with E-state index in [2.05, 4.69) is 5.32 Å². The summed E-state index contributed by atoms with van der Waals surface area (Å²) in [5.74, 6) is -1.18. The highest BCUT2D eigenvalue weighted by atomic mass is 19.1. The minimum atomic E-state index is -0.590. The number of hydrogen-bond donors (Lipinski definition) is 1. The number of carbonyl (C=O) groups is 1. The number of likely N-dealkylation sites (tertiary alicyclic amines) is 1. The molecule has 1 fully saturated rings. The largest absolute Gasteiger partial charge is 0.341 e. The maximum Gasteiger partial charge on any atom is 0.239 e. The van der Waals surface area contributed by atoms with Crippen LogP contribution in [0.2, 0.25) is 0 Å². The molecular weight excluding hydrogens is 250 g/mol. The molecule has 0 saturated carbocycles. The van der Waals surface area contributed by atoms with Crippen molar-refractivity contribution in [3.8, 4) is 0 Å². The monoisotopic (exact) mass is 268 g/mol. The number of halogens is 2. The Bertz CT molecular complexity index is 439. The average molecular weight is 268 g/mol. The number of nitrogens with one attached hydrogen (secondary N) is 1. The van der Waals surface area contributed by atoms with Crippen LogP contribution in [0.3, 0.4) is 0 Å². The molecule has 2 rings (SSSR count). The third-order valence-electron chi connectivity index (χ3n) is 3.43. The summed E-state index contributed by atoms with van der Waals surface area (Å²) in [6.07, 6.45) is 2.06. The van der Waals surface area contributed by atoms with Gasteiger partial charge in [-0.05, 0) is 31.9 Å². The van der Waals surface area contributed by atoms with Gasteiger partial charge >= 0.3 is 0 Å². The van der Waals surface area contributed by atoms with E-state index in [1.54, 1.807) is 11.8 Å². The van der Waals surface area contributed by atoms with Gasteiger partial charge in [-0.25, -0.2) is 8.78 Å². The number of hydrogen-bond acceptors (Lipinski definition) is 2. The van der Waals surface area contributed by atoms with Crippen molar-refractivity contribution in [2.45, 2.75) is 32.4 Å². The van der Waals surface area contributed by atoms with Gasteiger partial charge in [0.2, 0.25) is 5.91 Å². The van der Waals surface area contributed by atoms with Crippen LogP contribution in [0.4, 0.5) is 8.78 Å². The second kappa shape index (κ2) is 6.10. The second-order valence-corrected chi connectivity index (χ2v) is 4.84. The molecule has 1 heterocycles. The van der Waals surface area contributed by atoms with E-state index in [-0.39, 0.29) is 18.0 Å². The maximum absolute atomic E-state index is 13.4. The van der Waals surface area contributed by atoms with Crippen LogP contribution in [0.15, 0.2) is 18.2 Å². The topological polar surface area (TPSA) is 32.3 Å². The minimum Gasteiger partial charge on any atom is -0.341 e. The van der Waals surface area contributed by atoms with Crippen molar-refractivity contribution in [3.05, 3.63) is 35.4 Å². The Morgan fingerprint density at radius 1 is 1.32 bits per heavy atom. The summed E-state index contributed by atoms with van der Waals surface area (Å²) < 4.78 is 26.9. The fourth-order valence-corrected chi connectivity index (χ4v) is 2.26. The predicted molar refractivity (Wildman–Crippen MR) is 68.5 cm³/mol. The van der Waals surface area contributed by atoms with E-state index >= 15 is 0 Å². The van der Waals surface area contributed by atoms with Crippen LogP contribution in [-0.4, -0.2) is 29.9 Å². The van der Waals surface area contributed by atoms with Crippen LogP contribution >= 0.6 is 0 Å². The summed E-state index contributed by atoms with van der Waals surface area (Å²) in [6, 6.07) is 3.32. The van der Waals surface area contributed by atoms with Gasteiger partial charge in [0.05, 0.1) is 6.04 Å². The molecule has 1 aliphatic rings. The SMILES string of the molecule is CC(NCc1c(F)cccc1F)C(=O)N1CCCC1. The predicted octanol–water partition coefficient (Wildman–Crippen LogP) is 2.07. The molecule has 0 aliphatic carbocycles. The Labute approximate surface area is 111 Å². The van der Waals surface area contributed by atoms with Crippen molar-refractivity contribution in [1.29, 1.82) is 0 Å². The van der Waals surface area contributed by atoms with Crippen LogP contribution in [0.1, 0.15) is 25.3 Å². The lowest BCUT2D eigenvalue weighted by Gasteiger charge is -2.21. The van der Waals surface area contributed by atoms with Gasteiger partial charge in [-0.2, -0.15) is 0 Å². The Morgan fingerprint density at radius 2 is 1.89 bits per heavy atom. The van der Waals surface area contributed by atoms with Gasteiger partial charge in [0.1, 0.15) is 11.6 Å². The van der Waals surface area contributed by atoms with Gasteiger partial charge < -0.3 is 10.2 Å². The molecule has 0 bridgehead atoms. The lowest BCUT2D eigenvalue weighted by atomic mass is 10.2. The van der Waals surface area contributed by atoms with Crippen molar-refractivity contribution >= 4 is 5.91 Å². The molecule has 1 N–H and O–H groups in total. The molecule has 1 atom stereocenters. The van der Waals surface area contributed by atoms with Gasteiger partial charge in [-0.1, -0.05) is 6.07 Å². The van der Waals surface area contributed by atoms with Gasteiger partial charge in [-0.15, -0.1) is 0 Å². The minimum absolute atomic E-state index is 0.00533. The Hall–Kier alpha value is -1.49. The number of nitrogens with zero attached hydrogens (tertiary/aromatic N) is 1. The molecule has 0 spiro atoms. The molecular formula is C14H18F2N2O. The molecule has 1 aliphatic heterocycles. The number of amides is 1. The number of carbonyl (C=O) groups excluding carboxylic acids is 1. The number of rotatable bonds is 4. The second-order valence-electron chi connectivity index (χ2n) is 4.84. The van der Waals surface area contributed by atoms with Crippen molar-refractivity contribution in [2.24, 2.45) is 0 Å². The standard InChI is InChI=1S/C14H18F2N2O/c1-10(14(19)18-7-2-3-8-18)17-9-11-12(15)5-4-6-13(11)16/h4-6,10,17H,2-3,7-9H2,1H3. The first-order valence-corrected chi connectivity index (χ1v) is 6.54. The summed E-state index contributed by atoms with van der Waals surface area (Å²) in [5, 5.41) is 2.89. The summed E-state index contributed by atoms with van der Waals surface area (Å²) in [5.41, 5.74) is -0.0245. The van der Waals surface area contributed by atoms with E-state index in [0.717, 1.165) is 25.9 Å². The van der Waals surface area contributed by atoms with Crippen molar-refractivity contribution in [1.82, 2.24) is 10.2 Å². The van der Waals surface area contributed by atoms with Crippen molar-refractivity contribution < 1.29 is 13.6 Å². The lowest BCUT2D eigenvalue weighted by molar-refractivity contribution is -0.132. The highest BCUT2D eigenvalue weighted by Gasteiger charge is 2.23. The summed E-state index contributed by atoms with van der Waals surface area (Å²) in [7, 11) is 0. The first kappa shape index (κ1) is 13.9. The Morgan fingerprint density at radius 3 is 2.47 bits per heavy atom. The normalized spacial score (nSPS) is 16.7. The molecule has 19 heavy (non-hydrogen) atoms. The Balaban J connectivity index is 1.92. The van der Waals surface area contributed by atoms with Crippen LogP contribution in [0.5, 0.6) is 0 Å². The fourth-order valence-electron chi connectivity index (χ4n) is 2.26. The maximum atomic E-state index is 13.4. The van der Waals surface area contributed by atoms with Crippen molar-refractivity contribution in [3.63, 3.8) is 0 Å². The number of benzene rings is 1. The first-order chi connectivity index (χ1) is 9.09. The first-order valence-electron chi connectivity index (χ1n) is 6.54. The van der Waals surface area contributed by atoms with Crippen LogP contribution < -0.4 is 5.32 Å². The van der Waals surface area contributed by atoms with Gasteiger partial charge in [0.15, 0.2) is 0 Å². The molecule has 1 aromatic rings. The third-order valence-corrected chi connectivity index (χ3v) is 3.43. The van der Waals surface area contributed by atoms with E-state index in [0.29, 0.717) is 0 Å². The zero-order valence-electron chi connectivity index (χ0n) is 11.0. The molecule has 104 valence electrons. The quantitative estimate of drug-likeness (QED) is 0.906. The van der Waals surface area contributed by atoms with Crippen LogP contribution in [-0.2, 0) is 11.3 Å². The third kappa shape index (κ3) is 3.29.